The number of amides is 3. The van der Waals surface area contributed by atoms with Gasteiger partial charge in [-0.2, -0.15) is 0 Å². The molecule has 0 bridgehead atoms. The predicted octanol–water partition coefficient (Wildman–Crippen LogP) is 1.56. The molecule has 24 heavy (non-hydrogen) atoms. The Morgan fingerprint density at radius 2 is 1.79 bits per heavy atom. The average Bonchev–Trinajstić information content (AvgIpc) is 3.15. The number of piperidine rings is 1. The van der Waals surface area contributed by atoms with E-state index in [1.54, 1.807) is 12.1 Å². The molecule has 1 aromatic rings. The smallest absolute Gasteiger partial charge is 0.317 e. The highest BCUT2D eigenvalue weighted by atomic mass is 16.2. The number of nitrogens with two attached hydrogens (primary N) is 1. The molecule has 2 saturated heterocycles. The van der Waals surface area contributed by atoms with Crippen molar-refractivity contribution in [2.45, 2.75) is 38.3 Å². The first-order chi connectivity index (χ1) is 11.6. The lowest BCUT2D eigenvalue weighted by molar-refractivity contribution is 0.1000. The second kappa shape index (κ2) is 7.66. The van der Waals surface area contributed by atoms with Crippen LogP contribution in [0.15, 0.2) is 24.3 Å². The van der Waals surface area contributed by atoms with Crippen LogP contribution in [-0.2, 0) is 6.54 Å². The summed E-state index contributed by atoms with van der Waals surface area (Å²) in [7, 11) is 0. The van der Waals surface area contributed by atoms with E-state index >= 15 is 0 Å². The highest BCUT2D eigenvalue weighted by Crippen LogP contribution is 2.20. The van der Waals surface area contributed by atoms with Crippen molar-refractivity contribution in [2.75, 3.05) is 26.2 Å². The number of nitrogens with one attached hydrogen (secondary N) is 1. The number of nitrogens with zero attached hydrogens (tertiary/aromatic N) is 2. The van der Waals surface area contributed by atoms with E-state index in [0.717, 1.165) is 25.1 Å². The van der Waals surface area contributed by atoms with E-state index in [4.69, 9.17) is 5.73 Å². The molecular formula is C18H26N4O2. The van der Waals surface area contributed by atoms with Crippen molar-refractivity contribution < 1.29 is 9.59 Å². The lowest BCUT2D eigenvalue weighted by Crippen LogP contribution is -2.51. The molecule has 0 spiro atoms. The lowest BCUT2D eigenvalue weighted by atomic mass is 10.0. The summed E-state index contributed by atoms with van der Waals surface area (Å²) in [4.78, 5) is 28.0. The lowest BCUT2D eigenvalue weighted by Gasteiger charge is -2.37. The number of likely N-dealkylation sites (tertiary alicyclic amines) is 2. The van der Waals surface area contributed by atoms with Crippen LogP contribution in [0.2, 0.25) is 0 Å². The fraction of sp³-hybridized carbons (Fsp3) is 0.556. The van der Waals surface area contributed by atoms with Gasteiger partial charge in [0.2, 0.25) is 5.91 Å². The number of primary amides is 1. The second-order valence-electron chi connectivity index (χ2n) is 6.71. The molecular weight excluding hydrogens is 304 g/mol. The Balaban J connectivity index is 1.49. The van der Waals surface area contributed by atoms with Crippen molar-refractivity contribution >= 4 is 11.9 Å². The Labute approximate surface area is 143 Å². The molecule has 130 valence electrons. The van der Waals surface area contributed by atoms with Crippen LogP contribution in [0.25, 0.3) is 0 Å². The number of rotatable bonds is 4. The third-order valence-corrected chi connectivity index (χ3v) is 5.02. The van der Waals surface area contributed by atoms with Crippen LogP contribution in [0.1, 0.15) is 41.6 Å². The van der Waals surface area contributed by atoms with Crippen molar-refractivity contribution in [3.05, 3.63) is 35.4 Å². The van der Waals surface area contributed by atoms with Gasteiger partial charge >= 0.3 is 6.03 Å². The SMILES string of the molecule is NC(=O)c1ccc(CNC(=O)N2CCCC(N3CCCC3)C2)cc1. The van der Waals surface area contributed by atoms with Crippen LogP contribution in [0.3, 0.4) is 0 Å². The molecule has 6 nitrogen and oxygen atoms in total. The number of hydrogen-bond donors (Lipinski definition) is 2. The number of benzene rings is 1. The Morgan fingerprint density at radius 3 is 2.46 bits per heavy atom. The van der Waals surface area contributed by atoms with Crippen LogP contribution >= 0.6 is 0 Å². The Morgan fingerprint density at radius 1 is 1.08 bits per heavy atom. The molecule has 1 unspecified atom stereocenters. The Bertz CT molecular complexity index is 581. The zero-order chi connectivity index (χ0) is 16.9. The second-order valence-corrected chi connectivity index (χ2v) is 6.71. The fourth-order valence-corrected chi connectivity index (χ4v) is 3.62. The standard InChI is InChI=1S/C18H26N4O2/c19-17(23)15-7-5-14(6-8-15)12-20-18(24)22-11-3-4-16(13-22)21-9-1-2-10-21/h5-8,16H,1-4,9-13H2,(H2,19,23)(H,20,24). The Kier molecular flexibility index (Phi) is 5.35. The molecule has 2 fully saturated rings. The third-order valence-electron chi connectivity index (χ3n) is 5.02. The molecule has 0 saturated carbocycles. The summed E-state index contributed by atoms with van der Waals surface area (Å²) in [5, 5.41) is 2.98. The quantitative estimate of drug-likeness (QED) is 0.879. The molecule has 0 radical (unpaired) electrons. The molecule has 2 aliphatic rings. The molecule has 1 atom stereocenters. The molecule has 0 aromatic heterocycles. The average molecular weight is 330 g/mol. The summed E-state index contributed by atoms with van der Waals surface area (Å²) in [5.74, 6) is -0.438. The minimum absolute atomic E-state index is 0.00197. The van der Waals surface area contributed by atoms with Gasteiger partial charge in [-0.1, -0.05) is 12.1 Å². The van der Waals surface area contributed by atoms with Gasteiger partial charge in [-0.3, -0.25) is 9.69 Å². The van der Waals surface area contributed by atoms with Gasteiger partial charge in [-0.25, -0.2) is 4.79 Å². The minimum Gasteiger partial charge on any atom is -0.366 e. The van der Waals surface area contributed by atoms with Gasteiger partial charge < -0.3 is 16.0 Å². The van der Waals surface area contributed by atoms with E-state index < -0.39 is 5.91 Å². The number of urea groups is 1. The summed E-state index contributed by atoms with van der Waals surface area (Å²) in [6.07, 6.45) is 4.83. The van der Waals surface area contributed by atoms with E-state index in [2.05, 4.69) is 10.2 Å². The maximum Gasteiger partial charge on any atom is 0.317 e. The van der Waals surface area contributed by atoms with Crippen molar-refractivity contribution in [1.29, 1.82) is 0 Å². The van der Waals surface area contributed by atoms with Crippen LogP contribution in [0.5, 0.6) is 0 Å². The third kappa shape index (κ3) is 4.06. The summed E-state index contributed by atoms with van der Waals surface area (Å²) in [6, 6.07) is 7.54. The van der Waals surface area contributed by atoms with Gasteiger partial charge in [0.05, 0.1) is 0 Å². The predicted molar refractivity (Wildman–Crippen MR) is 92.6 cm³/mol. The molecule has 1 aromatic carbocycles. The van der Waals surface area contributed by atoms with Crippen molar-refractivity contribution in [2.24, 2.45) is 5.73 Å². The van der Waals surface area contributed by atoms with Gasteiger partial charge in [-0.05, 0) is 56.5 Å². The molecule has 3 amide bonds. The van der Waals surface area contributed by atoms with Gasteiger partial charge in [0.15, 0.2) is 0 Å². The van der Waals surface area contributed by atoms with Crippen molar-refractivity contribution in [3.63, 3.8) is 0 Å². The first-order valence-electron chi connectivity index (χ1n) is 8.79. The molecule has 2 aliphatic heterocycles. The van der Waals surface area contributed by atoms with Crippen LogP contribution in [0, 0.1) is 0 Å². The van der Waals surface area contributed by atoms with E-state index in [9.17, 15) is 9.59 Å². The molecule has 3 N–H and O–H groups in total. The van der Waals surface area contributed by atoms with E-state index in [-0.39, 0.29) is 6.03 Å². The zero-order valence-corrected chi connectivity index (χ0v) is 14.0. The monoisotopic (exact) mass is 330 g/mol. The van der Waals surface area contributed by atoms with Crippen molar-refractivity contribution in [1.82, 2.24) is 15.1 Å². The summed E-state index contributed by atoms with van der Waals surface area (Å²) >= 11 is 0. The molecule has 0 aliphatic carbocycles. The zero-order valence-electron chi connectivity index (χ0n) is 14.0. The number of carbonyl (C=O) groups is 2. The van der Waals surface area contributed by atoms with E-state index in [1.807, 2.05) is 17.0 Å². The van der Waals surface area contributed by atoms with Gasteiger partial charge in [0.25, 0.3) is 0 Å². The Hall–Kier alpha value is -2.08. The summed E-state index contributed by atoms with van der Waals surface area (Å²) < 4.78 is 0. The van der Waals surface area contributed by atoms with Gasteiger partial charge in [0, 0.05) is 31.2 Å². The van der Waals surface area contributed by atoms with Gasteiger partial charge in [0.1, 0.15) is 0 Å². The van der Waals surface area contributed by atoms with E-state index in [1.165, 1.54) is 32.4 Å². The molecule has 6 heteroatoms. The summed E-state index contributed by atoms with van der Waals surface area (Å²) in [6.45, 7) is 4.46. The summed E-state index contributed by atoms with van der Waals surface area (Å²) in [5.41, 5.74) is 6.67. The first kappa shape index (κ1) is 16.8. The van der Waals surface area contributed by atoms with Crippen molar-refractivity contribution in [3.8, 4) is 0 Å². The highest BCUT2D eigenvalue weighted by Gasteiger charge is 2.29. The van der Waals surface area contributed by atoms with Crippen LogP contribution in [-0.4, -0.2) is 54.0 Å². The van der Waals surface area contributed by atoms with Gasteiger partial charge in [-0.15, -0.1) is 0 Å². The molecule has 3 rings (SSSR count). The largest absolute Gasteiger partial charge is 0.366 e. The first-order valence-corrected chi connectivity index (χ1v) is 8.79. The maximum absolute atomic E-state index is 12.4. The normalized spacial score (nSPS) is 21.7. The fourth-order valence-electron chi connectivity index (χ4n) is 3.62. The number of carbonyl (C=O) groups excluding carboxylic acids is 2. The topological polar surface area (TPSA) is 78.7 Å². The van der Waals surface area contributed by atoms with Crippen LogP contribution in [0.4, 0.5) is 4.79 Å². The molecule has 2 heterocycles. The van der Waals surface area contributed by atoms with E-state index in [0.29, 0.717) is 18.2 Å². The minimum atomic E-state index is -0.438. The van der Waals surface area contributed by atoms with Crippen LogP contribution < -0.4 is 11.1 Å². The number of hydrogen-bond acceptors (Lipinski definition) is 3. The maximum atomic E-state index is 12.4. The highest BCUT2D eigenvalue weighted by molar-refractivity contribution is 5.92.